The standard InChI is InChI=1S/C69H121N6O50P/c1-20-40(90)51(101)54(104)66(112-20)108-18-28(89)56(41(91)27(71-21(2)83)9-70-7-8-110-126(106,107)111-17-26(88)10-76)120-65-39(75-25(6)87)50(100)57(34(16-82)118-65)121-67-55(105)59(123-69-61(53(103)46(96)33(15-81)117-69)125-64-38(74-24(5)86)49(99)44(94)31(13-79)115-64)58(122-62-36(72-22(3)84)47(97)42(92)29(11-77)113-62)35(119-67)19-109-68-60(52(102)45(95)32(14-80)116-68)124-63-37(73-23(4)85)48(98)43(93)30(12-78)114-63/h20,26-70,76-82,88-105H,7-19H2,1-6H3,(H,71,83)(H,72,84)(H,73,85)(H,74,86)(H,75,87)(H,106,107)/t20-,26?,27-,28+,29+,30+,31+,32+,33+,34+,35+,36+,37+,38+,39+,40+,41+,42+,43+,44+,45+,46+,47+,48+,49+,50+,51+,52-,53-,54-,55-,56+,57+,58+,59+,60-,61-,62-,63-,64-,65-,66+,67-,68-,69+/m0/s1. The number of hydrogen-bond donors (Lipinski definition) is 32. The quantitative estimate of drug-likeness (QED) is 0.0199. The number of amides is 5. The van der Waals surface area contributed by atoms with Crippen LogP contribution in [0.3, 0.4) is 0 Å². The topological polar surface area (TPSA) is 867 Å². The largest absolute Gasteiger partial charge is 0.472 e. The third-order valence-electron chi connectivity index (χ3n) is 21.7. The highest BCUT2D eigenvalue weighted by Crippen LogP contribution is 2.44. The third kappa shape index (κ3) is 26.9. The number of carbonyl (C=O) groups excluding carboxylic acids is 5. The molecule has 5 amide bonds. The van der Waals surface area contributed by atoms with E-state index in [9.17, 15) is 156 Å². The Hall–Kier alpha value is -4.22. The van der Waals surface area contributed by atoms with Crippen LogP contribution in [0.25, 0.3) is 0 Å². The van der Waals surface area contributed by atoms with Gasteiger partial charge in [-0.15, -0.1) is 0 Å². The van der Waals surface area contributed by atoms with Gasteiger partial charge in [-0.05, 0) is 6.92 Å². The van der Waals surface area contributed by atoms with E-state index in [1.54, 1.807) is 0 Å². The van der Waals surface area contributed by atoms with Crippen molar-refractivity contribution in [1.82, 2.24) is 31.9 Å². The lowest BCUT2D eigenvalue weighted by Crippen LogP contribution is -2.71. The fourth-order valence-electron chi connectivity index (χ4n) is 15.1. The van der Waals surface area contributed by atoms with Crippen LogP contribution in [0.2, 0.25) is 0 Å². The molecule has 0 spiro atoms. The van der Waals surface area contributed by atoms with E-state index in [2.05, 4.69) is 36.4 Å². The fraction of sp³-hybridized carbons (Fsp3) is 0.928. The summed E-state index contributed by atoms with van der Waals surface area (Å²) < 4.78 is 120. The first-order valence-corrected chi connectivity index (χ1v) is 41.5. The van der Waals surface area contributed by atoms with Crippen LogP contribution in [0.15, 0.2) is 0 Å². The van der Waals surface area contributed by atoms with Crippen LogP contribution < -0.4 is 31.9 Å². The molecule has 57 heteroatoms. The molecule has 8 aliphatic heterocycles. The molecule has 0 saturated carbocycles. The van der Waals surface area contributed by atoms with Crippen molar-refractivity contribution < 1.29 is 246 Å². The van der Waals surface area contributed by atoms with E-state index in [-0.39, 0.29) is 0 Å². The molecule has 0 aromatic carbocycles. The molecule has 0 aliphatic carbocycles. The van der Waals surface area contributed by atoms with Crippen LogP contribution in [-0.2, 0) is 113 Å². The average Bonchev–Trinajstić information content (AvgIpc) is 0.776. The van der Waals surface area contributed by atoms with Gasteiger partial charge < -0.3 is 240 Å². The van der Waals surface area contributed by atoms with Crippen molar-refractivity contribution >= 4 is 37.4 Å². The molecule has 2 unspecified atom stereocenters. The average molecular weight is 1870 g/mol. The first-order chi connectivity index (χ1) is 59.4. The summed E-state index contributed by atoms with van der Waals surface area (Å²) in [5.41, 5.74) is 0. The smallest absolute Gasteiger partial charge is 0.394 e. The molecule has 0 aromatic heterocycles. The highest BCUT2D eigenvalue weighted by molar-refractivity contribution is 7.47. The maximum atomic E-state index is 13.5. The van der Waals surface area contributed by atoms with Gasteiger partial charge in [0.1, 0.15) is 213 Å². The van der Waals surface area contributed by atoms with Crippen LogP contribution in [0, 0.1) is 0 Å². The summed E-state index contributed by atoms with van der Waals surface area (Å²) in [7, 11) is -4.92. The summed E-state index contributed by atoms with van der Waals surface area (Å²) >= 11 is 0. The molecule has 8 rings (SSSR count). The second-order valence-corrected chi connectivity index (χ2v) is 32.6. The normalized spacial score (nSPS) is 42.9. The monoisotopic (exact) mass is 1860 g/mol. The predicted molar refractivity (Wildman–Crippen MR) is 396 cm³/mol. The van der Waals surface area contributed by atoms with Crippen molar-refractivity contribution in [3.63, 3.8) is 0 Å². The zero-order valence-corrected chi connectivity index (χ0v) is 69.4. The molecule has 32 N–H and O–H groups in total. The van der Waals surface area contributed by atoms with Crippen molar-refractivity contribution in [2.24, 2.45) is 0 Å². The minimum atomic E-state index is -4.92. The van der Waals surface area contributed by atoms with Crippen LogP contribution in [0.4, 0.5) is 0 Å². The molecule has 46 atom stereocenters. The summed E-state index contributed by atoms with van der Waals surface area (Å²) in [5.74, 6) is -4.81. The first kappa shape index (κ1) is 107. The van der Waals surface area contributed by atoms with E-state index >= 15 is 0 Å². The van der Waals surface area contributed by atoms with Crippen molar-refractivity contribution in [2.75, 3.05) is 85.8 Å². The van der Waals surface area contributed by atoms with Gasteiger partial charge in [-0.3, -0.25) is 33.0 Å². The van der Waals surface area contributed by atoms with E-state index in [1.807, 2.05) is 0 Å². The summed E-state index contributed by atoms with van der Waals surface area (Å²) in [5, 5.41) is 295. The van der Waals surface area contributed by atoms with Gasteiger partial charge in [0, 0.05) is 47.7 Å². The molecule has 0 radical (unpaired) electrons. The SMILES string of the molecule is CC(=O)N[C@H]1[C@H](O[C@@H]([C@H](O)[C@H](CNCCOP(=O)(O)OCC(O)CO)NC(C)=O)[C@H](O)CO[C@@H]2O[C@@H](C)[C@@H](O)[C@@H](O)[C@@H]2O)O[C@H](CO)[C@@H](O[C@@H]2O[C@H](CO[C@H]3O[C@H](CO)[C@@H](O)[C@H](O)[C@@H]3O[C@@H]3O[C@H](CO)[C@@H](O)[C@H](O)[C@H]3NC(C)=O)[C@@H](O[C@@H]3O[C@H](CO)[C@@H](O)[C@H](O)[C@H]3NC(C)=O)[C@H](O[C@H]3O[C@H](CO)[C@@H](O)[C@H](O)[C@@H]3O[C@@H]3O[C@H](CO)[C@@H](O)[C@H](O)[C@H]3NC(C)=O)[C@@H]2O)[C@@H]1O. The number of phosphoric acid groups is 1. The van der Waals surface area contributed by atoms with E-state index in [4.69, 9.17) is 85.4 Å². The van der Waals surface area contributed by atoms with Gasteiger partial charge in [0.2, 0.25) is 29.5 Å². The molecular weight excluding hydrogens is 1740 g/mol. The number of rotatable bonds is 42. The fourth-order valence-corrected chi connectivity index (χ4v) is 15.8. The molecule has 56 nitrogen and oxygen atoms in total. The zero-order chi connectivity index (χ0) is 93.5. The lowest BCUT2D eigenvalue weighted by atomic mass is 9.93. The summed E-state index contributed by atoms with van der Waals surface area (Å²) in [4.78, 5) is 75.1. The molecule has 0 aromatic rings. The van der Waals surface area contributed by atoms with E-state index in [0.29, 0.717) is 0 Å². The predicted octanol–water partition coefficient (Wildman–Crippen LogP) is -20.2. The Morgan fingerprint density at radius 3 is 1.21 bits per heavy atom. The number of aliphatic hydroxyl groups is 25. The van der Waals surface area contributed by atoms with Gasteiger partial charge in [-0.1, -0.05) is 0 Å². The second-order valence-electron chi connectivity index (χ2n) is 31.1. The summed E-state index contributed by atoms with van der Waals surface area (Å²) in [6, 6.07) is -9.63. The highest BCUT2D eigenvalue weighted by Gasteiger charge is 2.61. The van der Waals surface area contributed by atoms with Gasteiger partial charge in [-0.25, -0.2) is 4.57 Å². The second kappa shape index (κ2) is 48.6. The Morgan fingerprint density at radius 1 is 0.373 bits per heavy atom. The van der Waals surface area contributed by atoms with Crippen LogP contribution in [-0.4, -0.2) is 524 Å². The number of ether oxygens (including phenoxy) is 16. The highest BCUT2D eigenvalue weighted by atomic mass is 31.2. The Morgan fingerprint density at radius 2 is 0.770 bits per heavy atom. The maximum Gasteiger partial charge on any atom is 0.472 e. The van der Waals surface area contributed by atoms with Gasteiger partial charge in [0.15, 0.2) is 50.3 Å². The lowest BCUT2D eigenvalue weighted by molar-refractivity contribution is -0.407. The summed E-state index contributed by atoms with van der Waals surface area (Å²) in [6.07, 6.45) is -86.6. The maximum absolute atomic E-state index is 13.5. The molecular formula is C69H121N6O50P. The van der Waals surface area contributed by atoms with Gasteiger partial charge >= 0.3 is 7.82 Å². The van der Waals surface area contributed by atoms with E-state index in [1.165, 1.54) is 6.92 Å². The number of aliphatic hydroxyl groups excluding tert-OH is 25. The van der Waals surface area contributed by atoms with Crippen LogP contribution in [0.5, 0.6) is 0 Å². The molecule has 126 heavy (non-hydrogen) atoms. The Labute approximate surface area is 716 Å². The van der Waals surface area contributed by atoms with E-state index < -0.39 is 399 Å². The number of hydrogen-bond acceptors (Lipinski definition) is 50. The molecule has 8 aliphatic rings. The first-order valence-electron chi connectivity index (χ1n) is 40.0. The Balaban J connectivity index is 1.26. The molecule has 8 fully saturated rings. The summed E-state index contributed by atoms with van der Waals surface area (Å²) in [6.45, 7) is -7.07. The van der Waals surface area contributed by atoms with Crippen LogP contribution in [0.1, 0.15) is 41.5 Å². The Kier molecular flexibility index (Phi) is 41.3. The molecule has 8 heterocycles. The number of nitrogens with one attached hydrogen (secondary N) is 6. The van der Waals surface area contributed by atoms with Crippen molar-refractivity contribution in [3.8, 4) is 0 Å². The number of phosphoric ester groups is 1. The lowest BCUT2D eigenvalue weighted by Gasteiger charge is -2.52. The van der Waals surface area contributed by atoms with Gasteiger partial charge in [0.05, 0.1) is 84.8 Å². The minimum absolute atomic E-state index is 0.428. The zero-order valence-electron chi connectivity index (χ0n) is 68.5. The number of carbonyl (C=O) groups is 5. The molecule has 732 valence electrons. The molecule has 0 bridgehead atoms. The van der Waals surface area contributed by atoms with Gasteiger partial charge in [0.25, 0.3) is 0 Å². The molecule has 8 saturated heterocycles. The minimum Gasteiger partial charge on any atom is -0.394 e. The van der Waals surface area contributed by atoms with Crippen molar-refractivity contribution in [2.45, 2.75) is 317 Å². The van der Waals surface area contributed by atoms with Crippen LogP contribution >= 0.6 is 7.82 Å². The van der Waals surface area contributed by atoms with Crippen molar-refractivity contribution in [3.05, 3.63) is 0 Å². The third-order valence-corrected chi connectivity index (χ3v) is 22.7. The van der Waals surface area contributed by atoms with Crippen molar-refractivity contribution in [1.29, 1.82) is 0 Å². The van der Waals surface area contributed by atoms with Gasteiger partial charge in [-0.2, -0.15) is 0 Å². The Bertz CT molecular complexity index is 3410. The van der Waals surface area contributed by atoms with E-state index in [0.717, 1.165) is 34.6 Å².